The van der Waals surface area contributed by atoms with E-state index < -0.39 is 5.54 Å². The molecule has 19 heavy (non-hydrogen) atoms. The van der Waals surface area contributed by atoms with E-state index in [4.69, 9.17) is 4.74 Å². The lowest BCUT2D eigenvalue weighted by atomic mass is 9.81. The van der Waals surface area contributed by atoms with Gasteiger partial charge in [-0.1, -0.05) is 0 Å². The molecule has 0 amide bonds. The van der Waals surface area contributed by atoms with Crippen LogP contribution in [0.25, 0.3) is 0 Å². The number of rotatable bonds is 4. The summed E-state index contributed by atoms with van der Waals surface area (Å²) in [6, 6.07) is 4.02. The number of pyridine rings is 1. The highest BCUT2D eigenvalue weighted by molar-refractivity contribution is 8.00. The second-order valence-electron chi connectivity index (χ2n) is 4.84. The summed E-state index contributed by atoms with van der Waals surface area (Å²) in [7, 11) is 3.30. The van der Waals surface area contributed by atoms with Gasteiger partial charge in [0.15, 0.2) is 0 Å². The predicted octanol–water partition coefficient (Wildman–Crippen LogP) is 2.25. The molecule has 2 atom stereocenters. The van der Waals surface area contributed by atoms with Gasteiger partial charge in [-0.3, -0.25) is 9.78 Å². The second-order valence-corrected chi connectivity index (χ2v) is 6.22. The molecule has 0 spiro atoms. The van der Waals surface area contributed by atoms with Gasteiger partial charge in [-0.2, -0.15) is 0 Å². The molecule has 1 aromatic rings. The number of hydrogen-bond acceptors (Lipinski definition) is 5. The van der Waals surface area contributed by atoms with E-state index in [9.17, 15) is 4.79 Å². The quantitative estimate of drug-likeness (QED) is 0.857. The first-order valence-corrected chi connectivity index (χ1v) is 7.42. The Morgan fingerprint density at radius 2 is 2.26 bits per heavy atom. The van der Waals surface area contributed by atoms with Gasteiger partial charge in [-0.05, 0) is 44.9 Å². The number of carbonyl (C=O) groups is 1. The third-order valence-corrected chi connectivity index (χ3v) is 4.99. The summed E-state index contributed by atoms with van der Waals surface area (Å²) in [6.45, 7) is 0. The van der Waals surface area contributed by atoms with Crippen LogP contribution in [0.4, 0.5) is 0 Å². The van der Waals surface area contributed by atoms with Crippen molar-refractivity contribution in [2.75, 3.05) is 14.2 Å². The van der Waals surface area contributed by atoms with Gasteiger partial charge < -0.3 is 10.1 Å². The summed E-state index contributed by atoms with van der Waals surface area (Å²) in [5, 5.41) is 3.62. The fourth-order valence-electron chi connectivity index (χ4n) is 2.64. The number of nitrogens with one attached hydrogen (secondary N) is 1. The van der Waals surface area contributed by atoms with Crippen LogP contribution in [0.3, 0.4) is 0 Å². The molecule has 1 saturated carbocycles. The highest BCUT2D eigenvalue weighted by atomic mass is 32.2. The Morgan fingerprint density at radius 3 is 2.89 bits per heavy atom. The molecule has 1 heterocycles. The number of nitrogens with zero attached hydrogens (tertiary/aromatic N) is 1. The van der Waals surface area contributed by atoms with Gasteiger partial charge in [0.2, 0.25) is 0 Å². The summed E-state index contributed by atoms with van der Waals surface area (Å²) >= 11 is 1.82. The van der Waals surface area contributed by atoms with E-state index in [2.05, 4.69) is 10.3 Å². The third-order valence-electron chi connectivity index (χ3n) is 3.71. The first kappa shape index (κ1) is 14.3. The van der Waals surface area contributed by atoms with E-state index in [1.165, 1.54) is 12.0 Å². The van der Waals surface area contributed by atoms with Crippen LogP contribution in [0.5, 0.6) is 0 Å². The molecule has 4 nitrogen and oxygen atoms in total. The van der Waals surface area contributed by atoms with E-state index in [1.54, 1.807) is 12.4 Å². The molecule has 0 aliphatic heterocycles. The fourth-order valence-corrected chi connectivity index (χ4v) is 3.96. The van der Waals surface area contributed by atoms with Gasteiger partial charge in [-0.25, -0.2) is 0 Å². The lowest BCUT2D eigenvalue weighted by Crippen LogP contribution is -2.54. The Hall–Kier alpha value is -1.07. The van der Waals surface area contributed by atoms with Gasteiger partial charge in [-0.15, -0.1) is 11.8 Å². The average molecular weight is 280 g/mol. The number of methoxy groups -OCH3 is 1. The monoisotopic (exact) mass is 280 g/mol. The number of hydrogen-bond donors (Lipinski definition) is 1. The number of likely N-dealkylation sites (N-methyl/N-ethyl adjacent to an activating group) is 1. The maximum absolute atomic E-state index is 12.0. The molecule has 1 aliphatic carbocycles. The highest BCUT2D eigenvalue weighted by Crippen LogP contribution is 2.38. The van der Waals surface area contributed by atoms with Crippen LogP contribution in [0.1, 0.15) is 25.7 Å². The van der Waals surface area contributed by atoms with Crippen molar-refractivity contribution in [2.45, 2.75) is 41.4 Å². The van der Waals surface area contributed by atoms with Crippen LogP contribution in [0.15, 0.2) is 29.4 Å². The molecule has 1 aromatic heterocycles. The first-order chi connectivity index (χ1) is 9.20. The largest absolute Gasteiger partial charge is 0.468 e. The van der Waals surface area contributed by atoms with Crippen molar-refractivity contribution >= 4 is 17.7 Å². The Labute approximate surface area is 118 Å². The van der Waals surface area contributed by atoms with Crippen molar-refractivity contribution in [3.05, 3.63) is 24.5 Å². The standard InChI is InChI=1S/C14H20N2O2S/c1-15-14(13(17)18-2)7-3-4-12(10-14)19-11-5-8-16-9-6-11/h5-6,8-9,12,15H,3-4,7,10H2,1-2H3. The highest BCUT2D eigenvalue weighted by Gasteiger charge is 2.42. The second kappa shape index (κ2) is 6.39. The average Bonchev–Trinajstić information content (AvgIpc) is 2.47. The maximum atomic E-state index is 12.0. The molecule has 0 saturated heterocycles. The minimum absolute atomic E-state index is 0.143. The number of aromatic nitrogens is 1. The smallest absolute Gasteiger partial charge is 0.326 e. The molecule has 0 aromatic carbocycles. The number of esters is 1. The van der Waals surface area contributed by atoms with Crippen molar-refractivity contribution in [3.8, 4) is 0 Å². The van der Waals surface area contributed by atoms with Crippen LogP contribution < -0.4 is 5.32 Å². The molecule has 0 bridgehead atoms. The van der Waals surface area contributed by atoms with Gasteiger partial charge >= 0.3 is 5.97 Å². The maximum Gasteiger partial charge on any atom is 0.326 e. The van der Waals surface area contributed by atoms with Crippen LogP contribution in [0.2, 0.25) is 0 Å². The van der Waals surface area contributed by atoms with Crippen molar-refractivity contribution < 1.29 is 9.53 Å². The van der Waals surface area contributed by atoms with Crippen molar-refractivity contribution in [1.82, 2.24) is 10.3 Å². The Balaban J connectivity index is 2.06. The van der Waals surface area contributed by atoms with Crippen LogP contribution in [0, 0.1) is 0 Å². The molecular formula is C14H20N2O2S. The van der Waals surface area contributed by atoms with Gasteiger partial charge in [0.05, 0.1) is 7.11 Å². The van der Waals surface area contributed by atoms with E-state index >= 15 is 0 Å². The number of thioether (sulfide) groups is 1. The first-order valence-electron chi connectivity index (χ1n) is 6.54. The normalized spacial score (nSPS) is 26.9. The summed E-state index contributed by atoms with van der Waals surface area (Å²) < 4.78 is 4.96. The Morgan fingerprint density at radius 1 is 1.53 bits per heavy atom. The molecule has 2 rings (SSSR count). The van der Waals surface area contributed by atoms with Gasteiger partial charge in [0.1, 0.15) is 5.54 Å². The minimum atomic E-state index is -0.516. The van der Waals surface area contributed by atoms with Crippen molar-refractivity contribution in [2.24, 2.45) is 0 Å². The zero-order valence-electron chi connectivity index (χ0n) is 11.4. The molecule has 1 aliphatic rings. The Bertz CT molecular complexity index is 427. The molecule has 0 radical (unpaired) electrons. The van der Waals surface area contributed by atoms with Crippen molar-refractivity contribution in [1.29, 1.82) is 0 Å². The topological polar surface area (TPSA) is 51.2 Å². The lowest BCUT2D eigenvalue weighted by molar-refractivity contribution is -0.149. The summed E-state index contributed by atoms with van der Waals surface area (Å²) in [5.41, 5.74) is -0.516. The molecule has 104 valence electrons. The summed E-state index contributed by atoms with van der Waals surface area (Å²) in [4.78, 5) is 17.2. The van der Waals surface area contributed by atoms with Crippen LogP contribution >= 0.6 is 11.8 Å². The predicted molar refractivity (Wildman–Crippen MR) is 76.2 cm³/mol. The molecule has 2 unspecified atom stereocenters. The van der Waals surface area contributed by atoms with Crippen LogP contribution in [-0.4, -0.2) is 35.9 Å². The van der Waals surface area contributed by atoms with Crippen LogP contribution in [-0.2, 0) is 9.53 Å². The van der Waals surface area contributed by atoms with E-state index in [-0.39, 0.29) is 5.97 Å². The third kappa shape index (κ3) is 3.28. The SMILES string of the molecule is CNC1(C(=O)OC)CCCC(Sc2ccncc2)C1. The zero-order chi connectivity index (χ0) is 13.7. The van der Waals surface area contributed by atoms with Gasteiger partial charge in [0.25, 0.3) is 0 Å². The molecule has 1 fully saturated rings. The lowest BCUT2D eigenvalue weighted by Gasteiger charge is -2.38. The van der Waals surface area contributed by atoms with Gasteiger partial charge in [0, 0.05) is 22.5 Å². The fraction of sp³-hybridized carbons (Fsp3) is 0.571. The molecule has 1 N–H and O–H groups in total. The number of ether oxygens (including phenoxy) is 1. The summed E-state index contributed by atoms with van der Waals surface area (Å²) in [5.74, 6) is -0.143. The Kier molecular flexibility index (Phi) is 4.82. The van der Waals surface area contributed by atoms with E-state index in [0.29, 0.717) is 5.25 Å². The number of carbonyl (C=O) groups excluding carboxylic acids is 1. The van der Waals surface area contributed by atoms with E-state index in [0.717, 1.165) is 25.7 Å². The summed E-state index contributed by atoms with van der Waals surface area (Å²) in [6.07, 6.45) is 7.44. The van der Waals surface area contributed by atoms with E-state index in [1.807, 2.05) is 30.9 Å². The van der Waals surface area contributed by atoms with Crippen molar-refractivity contribution in [3.63, 3.8) is 0 Å². The zero-order valence-corrected chi connectivity index (χ0v) is 12.2. The minimum Gasteiger partial charge on any atom is -0.468 e. The molecular weight excluding hydrogens is 260 g/mol. The molecule has 5 heteroatoms.